The first-order chi connectivity index (χ1) is 8.45. The van der Waals surface area contributed by atoms with Crippen molar-refractivity contribution in [2.45, 2.75) is 26.3 Å². The van der Waals surface area contributed by atoms with E-state index in [1.807, 2.05) is 19.9 Å². The number of carboxylic acids is 1. The summed E-state index contributed by atoms with van der Waals surface area (Å²) in [6.07, 6.45) is 0.121. The average Bonchev–Trinajstić information content (AvgIpc) is 2.32. The molecule has 0 saturated carbocycles. The molecule has 1 atom stereocenters. The van der Waals surface area contributed by atoms with Crippen LogP contribution in [0.3, 0.4) is 0 Å². The maximum Gasteiger partial charge on any atom is 0.304 e. The fourth-order valence-corrected chi connectivity index (χ4v) is 2.35. The van der Waals surface area contributed by atoms with Gasteiger partial charge in [-0.3, -0.25) is 9.69 Å². The molecule has 3 nitrogen and oxygen atoms in total. The van der Waals surface area contributed by atoms with E-state index in [1.165, 1.54) is 0 Å². The maximum absolute atomic E-state index is 10.6. The Kier molecular flexibility index (Phi) is 5.93. The number of hydrogen-bond donors (Lipinski definition) is 1. The summed E-state index contributed by atoms with van der Waals surface area (Å²) in [7, 11) is 0. The third-order valence-corrected chi connectivity index (χ3v) is 3.55. The van der Waals surface area contributed by atoms with Crippen LogP contribution in [0.25, 0.3) is 0 Å². The maximum atomic E-state index is 10.6. The predicted molar refractivity (Wildman–Crippen MR) is 74.4 cm³/mol. The molecule has 5 heteroatoms. The van der Waals surface area contributed by atoms with Crippen molar-refractivity contribution in [2.75, 3.05) is 13.1 Å². The predicted octanol–water partition coefficient (Wildman–Crippen LogP) is 3.85. The molecule has 0 aromatic heterocycles. The number of benzene rings is 1. The first kappa shape index (κ1) is 15.3. The summed E-state index contributed by atoms with van der Waals surface area (Å²) < 4.78 is 0. The topological polar surface area (TPSA) is 40.5 Å². The molecule has 0 aliphatic carbocycles. The standard InChI is InChI=1S/C13H17Cl2NO2/c1-3-16(7-6-13(17)18)9(2)11-8-10(14)4-5-12(11)15/h4-5,8-9H,3,6-7H2,1-2H3,(H,17,18). The Morgan fingerprint density at radius 2 is 2.11 bits per heavy atom. The Morgan fingerprint density at radius 1 is 1.44 bits per heavy atom. The second kappa shape index (κ2) is 6.98. The lowest BCUT2D eigenvalue weighted by molar-refractivity contribution is -0.137. The van der Waals surface area contributed by atoms with Crippen molar-refractivity contribution < 1.29 is 9.90 Å². The van der Waals surface area contributed by atoms with E-state index in [0.29, 0.717) is 16.6 Å². The molecule has 1 aromatic carbocycles. The number of aliphatic carboxylic acids is 1. The highest BCUT2D eigenvalue weighted by Crippen LogP contribution is 2.29. The lowest BCUT2D eigenvalue weighted by Crippen LogP contribution is -2.29. The second-order valence-corrected chi connectivity index (χ2v) is 4.96. The Labute approximate surface area is 117 Å². The van der Waals surface area contributed by atoms with Gasteiger partial charge in [-0.2, -0.15) is 0 Å². The Hall–Kier alpha value is -0.770. The largest absolute Gasteiger partial charge is 0.481 e. The van der Waals surface area contributed by atoms with Crippen LogP contribution in [0.2, 0.25) is 10.0 Å². The summed E-state index contributed by atoms with van der Waals surface area (Å²) in [5.74, 6) is -0.794. The number of hydrogen-bond acceptors (Lipinski definition) is 2. The van der Waals surface area contributed by atoms with E-state index in [1.54, 1.807) is 12.1 Å². The first-order valence-corrected chi connectivity index (χ1v) is 6.62. The zero-order valence-corrected chi connectivity index (χ0v) is 12.0. The number of nitrogens with zero attached hydrogens (tertiary/aromatic N) is 1. The number of rotatable bonds is 6. The van der Waals surface area contributed by atoms with E-state index >= 15 is 0 Å². The third-order valence-electron chi connectivity index (χ3n) is 2.97. The fourth-order valence-electron chi connectivity index (χ4n) is 1.90. The normalized spacial score (nSPS) is 12.7. The molecule has 0 radical (unpaired) electrons. The van der Waals surface area contributed by atoms with Gasteiger partial charge in [0, 0.05) is 22.6 Å². The molecule has 0 amide bonds. The van der Waals surface area contributed by atoms with Crippen LogP contribution in [0.4, 0.5) is 0 Å². The van der Waals surface area contributed by atoms with E-state index in [-0.39, 0.29) is 12.5 Å². The van der Waals surface area contributed by atoms with E-state index in [9.17, 15) is 4.79 Å². The van der Waals surface area contributed by atoms with Gasteiger partial charge in [0.25, 0.3) is 0 Å². The van der Waals surface area contributed by atoms with Gasteiger partial charge in [-0.15, -0.1) is 0 Å². The van der Waals surface area contributed by atoms with E-state index in [0.717, 1.165) is 12.1 Å². The molecular weight excluding hydrogens is 273 g/mol. The van der Waals surface area contributed by atoms with Gasteiger partial charge in [0.05, 0.1) is 6.42 Å². The third kappa shape index (κ3) is 4.16. The van der Waals surface area contributed by atoms with Crippen LogP contribution >= 0.6 is 23.2 Å². The highest BCUT2D eigenvalue weighted by molar-refractivity contribution is 6.33. The first-order valence-electron chi connectivity index (χ1n) is 5.86. The van der Waals surface area contributed by atoms with Crippen LogP contribution in [0.1, 0.15) is 31.9 Å². The van der Waals surface area contributed by atoms with Crippen molar-refractivity contribution in [1.29, 1.82) is 0 Å². The van der Waals surface area contributed by atoms with Crippen LogP contribution in [-0.2, 0) is 4.79 Å². The zero-order chi connectivity index (χ0) is 13.7. The van der Waals surface area contributed by atoms with Gasteiger partial charge in [-0.1, -0.05) is 30.1 Å². The smallest absolute Gasteiger partial charge is 0.304 e. The minimum absolute atomic E-state index is 0.0422. The van der Waals surface area contributed by atoms with Crippen molar-refractivity contribution in [3.63, 3.8) is 0 Å². The summed E-state index contributed by atoms with van der Waals surface area (Å²) in [4.78, 5) is 12.7. The monoisotopic (exact) mass is 289 g/mol. The molecular formula is C13H17Cl2NO2. The lowest BCUT2D eigenvalue weighted by atomic mass is 10.1. The Bertz CT molecular complexity index is 423. The molecule has 18 heavy (non-hydrogen) atoms. The molecule has 1 N–H and O–H groups in total. The fraction of sp³-hybridized carbons (Fsp3) is 0.462. The molecule has 0 spiro atoms. The van der Waals surface area contributed by atoms with Gasteiger partial charge >= 0.3 is 5.97 Å². The lowest BCUT2D eigenvalue weighted by Gasteiger charge is -2.28. The van der Waals surface area contributed by atoms with Crippen LogP contribution in [0.5, 0.6) is 0 Å². The SMILES string of the molecule is CCN(CCC(=O)O)C(C)c1cc(Cl)ccc1Cl. The van der Waals surface area contributed by atoms with E-state index in [2.05, 4.69) is 4.90 Å². The van der Waals surface area contributed by atoms with Crippen molar-refractivity contribution >= 4 is 29.2 Å². The van der Waals surface area contributed by atoms with Crippen LogP contribution in [0, 0.1) is 0 Å². The van der Waals surface area contributed by atoms with Gasteiger partial charge in [-0.05, 0) is 37.2 Å². The molecule has 100 valence electrons. The minimum atomic E-state index is -0.794. The van der Waals surface area contributed by atoms with Gasteiger partial charge in [-0.25, -0.2) is 0 Å². The number of carboxylic acid groups (broad SMARTS) is 1. The molecule has 1 unspecified atom stereocenters. The molecule has 0 heterocycles. The Morgan fingerprint density at radius 3 is 2.67 bits per heavy atom. The van der Waals surface area contributed by atoms with Crippen LogP contribution in [-0.4, -0.2) is 29.1 Å². The van der Waals surface area contributed by atoms with Gasteiger partial charge in [0.1, 0.15) is 0 Å². The summed E-state index contributed by atoms with van der Waals surface area (Å²) in [6.45, 7) is 5.26. The van der Waals surface area contributed by atoms with Crippen LogP contribution in [0.15, 0.2) is 18.2 Å². The van der Waals surface area contributed by atoms with Gasteiger partial charge in [0.15, 0.2) is 0 Å². The number of halogens is 2. The second-order valence-electron chi connectivity index (χ2n) is 4.11. The summed E-state index contributed by atoms with van der Waals surface area (Å²) in [6, 6.07) is 5.38. The summed E-state index contributed by atoms with van der Waals surface area (Å²) >= 11 is 12.1. The summed E-state index contributed by atoms with van der Waals surface area (Å²) in [5, 5.41) is 10.0. The highest BCUT2D eigenvalue weighted by atomic mass is 35.5. The molecule has 0 bridgehead atoms. The molecule has 0 saturated heterocycles. The van der Waals surface area contributed by atoms with Crippen molar-refractivity contribution in [3.8, 4) is 0 Å². The van der Waals surface area contributed by atoms with Crippen LogP contribution < -0.4 is 0 Å². The zero-order valence-electron chi connectivity index (χ0n) is 10.5. The highest BCUT2D eigenvalue weighted by Gasteiger charge is 2.17. The molecule has 1 aromatic rings. The quantitative estimate of drug-likeness (QED) is 0.865. The van der Waals surface area contributed by atoms with Gasteiger partial charge in [0.2, 0.25) is 0 Å². The van der Waals surface area contributed by atoms with Crippen molar-refractivity contribution in [1.82, 2.24) is 4.90 Å². The van der Waals surface area contributed by atoms with Gasteiger partial charge < -0.3 is 5.11 Å². The molecule has 0 fully saturated rings. The van der Waals surface area contributed by atoms with Crippen molar-refractivity contribution in [2.24, 2.45) is 0 Å². The average molecular weight is 290 g/mol. The van der Waals surface area contributed by atoms with E-state index < -0.39 is 5.97 Å². The summed E-state index contributed by atoms with van der Waals surface area (Å²) in [5.41, 5.74) is 0.927. The number of carbonyl (C=O) groups is 1. The Balaban J connectivity index is 2.85. The van der Waals surface area contributed by atoms with E-state index in [4.69, 9.17) is 28.3 Å². The molecule has 1 rings (SSSR count). The minimum Gasteiger partial charge on any atom is -0.481 e. The van der Waals surface area contributed by atoms with Crippen molar-refractivity contribution in [3.05, 3.63) is 33.8 Å². The molecule has 0 aliphatic rings. The molecule has 0 aliphatic heterocycles.